The van der Waals surface area contributed by atoms with Gasteiger partial charge in [0.1, 0.15) is 0 Å². The molecule has 9 rings (SSSR count). The maximum atomic E-state index is 4.85. The van der Waals surface area contributed by atoms with Gasteiger partial charge in [0.2, 0.25) is 0 Å². The van der Waals surface area contributed by atoms with Crippen molar-refractivity contribution >= 4 is 42.5 Å². The number of hydrogen-bond donors (Lipinski definition) is 0. The van der Waals surface area contributed by atoms with Crippen LogP contribution in [0.3, 0.4) is 0 Å². The smallest absolute Gasteiger partial charge is 0.0971 e. The quantitative estimate of drug-likeness (QED) is 0.208. The molecule has 0 fully saturated rings. The molecule has 0 bridgehead atoms. The number of fused-ring (bicyclic) bond motifs is 13. The Morgan fingerprint density at radius 2 is 1.07 bits per heavy atom. The summed E-state index contributed by atoms with van der Waals surface area (Å²) < 4.78 is 2.66. The Morgan fingerprint density at radius 3 is 1.95 bits per heavy atom. The van der Waals surface area contributed by atoms with Crippen LogP contribution in [0.25, 0.3) is 86.8 Å². The van der Waals surface area contributed by atoms with Gasteiger partial charge in [-0.3, -0.25) is 9.97 Å². The minimum atomic E-state index is 0.907. The summed E-state index contributed by atoms with van der Waals surface area (Å²) in [6, 6.07) is 44.3. The first-order valence-electron chi connectivity index (χ1n) is 13.8. The van der Waals surface area contributed by atoms with Crippen molar-refractivity contribution in [3.05, 3.63) is 134 Å². The van der Waals surface area contributed by atoms with E-state index in [1.165, 1.54) is 70.2 Å². The average Bonchev–Trinajstić information content (AvgIpc) is 3.42. The van der Waals surface area contributed by atoms with Gasteiger partial charge in [0, 0.05) is 38.1 Å². The van der Waals surface area contributed by atoms with E-state index in [2.05, 4.69) is 126 Å². The Morgan fingerprint density at radius 1 is 0.439 bits per heavy atom. The zero-order valence-corrected chi connectivity index (χ0v) is 22.8. The molecule has 1 aliphatic rings. The lowest BCUT2D eigenvalue weighted by molar-refractivity contribution is 1.29. The first-order chi connectivity index (χ1) is 20.3. The van der Waals surface area contributed by atoms with Crippen molar-refractivity contribution in [2.45, 2.75) is 0 Å². The fourth-order valence-electron chi connectivity index (χ4n) is 6.57. The summed E-state index contributed by atoms with van der Waals surface area (Å²) in [5.41, 5.74) is 14.0. The van der Waals surface area contributed by atoms with E-state index in [0.717, 1.165) is 16.6 Å². The molecule has 0 atom stereocenters. The van der Waals surface area contributed by atoms with E-state index in [4.69, 9.17) is 4.98 Å². The predicted molar refractivity (Wildman–Crippen MR) is 173 cm³/mol. The first-order valence-corrected chi connectivity index (χ1v) is 14.6. The molecule has 0 unspecified atom stereocenters. The Kier molecular flexibility index (Phi) is 4.80. The Bertz CT molecular complexity index is 2330. The topological polar surface area (TPSA) is 25.8 Å². The van der Waals surface area contributed by atoms with Gasteiger partial charge in [-0.05, 0) is 68.3 Å². The highest BCUT2D eigenvalue weighted by atomic mass is 32.1. The maximum Gasteiger partial charge on any atom is 0.0971 e. The molecule has 0 saturated heterocycles. The molecular weight excluding hydrogens is 516 g/mol. The second-order valence-electron chi connectivity index (χ2n) is 10.5. The first kappa shape index (κ1) is 22.7. The van der Waals surface area contributed by atoms with Gasteiger partial charge in [-0.25, -0.2) is 0 Å². The fourth-order valence-corrected chi connectivity index (χ4v) is 7.80. The summed E-state index contributed by atoms with van der Waals surface area (Å²) in [6.45, 7) is 0. The standard InChI is InChI=1S/C38H22N2S/c1-2-9-26-25(8-1)28-17-16-23(24-13-7-14-32-29-11-5-6-15-35(29)41-38(24)32)22-33(28)27-10-3-4-12-30(27)36-31(26)18-19-34-37(36)40-21-20-39-34/h1-22H. The van der Waals surface area contributed by atoms with Crippen molar-refractivity contribution in [3.63, 3.8) is 0 Å². The molecule has 0 aliphatic heterocycles. The molecule has 3 heteroatoms. The molecule has 0 saturated carbocycles. The molecule has 0 N–H and O–H groups in total. The van der Waals surface area contributed by atoms with Crippen molar-refractivity contribution in [1.29, 1.82) is 0 Å². The van der Waals surface area contributed by atoms with Crippen molar-refractivity contribution in [3.8, 4) is 55.6 Å². The molecule has 0 spiro atoms. The van der Waals surface area contributed by atoms with Gasteiger partial charge in [-0.1, -0.05) is 103 Å². The summed E-state index contributed by atoms with van der Waals surface area (Å²) in [7, 11) is 0. The normalized spacial score (nSPS) is 11.9. The maximum absolute atomic E-state index is 4.85. The predicted octanol–water partition coefficient (Wildman–Crippen LogP) is 10.6. The Labute approximate surface area is 241 Å². The number of benzene rings is 6. The highest BCUT2D eigenvalue weighted by molar-refractivity contribution is 7.26. The van der Waals surface area contributed by atoms with Crippen molar-refractivity contribution in [2.75, 3.05) is 0 Å². The molecule has 2 heterocycles. The minimum absolute atomic E-state index is 0.907. The summed E-state index contributed by atoms with van der Waals surface area (Å²) in [6.07, 6.45) is 3.57. The summed E-state index contributed by atoms with van der Waals surface area (Å²) in [4.78, 5) is 9.51. The molecule has 0 amide bonds. The van der Waals surface area contributed by atoms with E-state index in [1.54, 1.807) is 12.4 Å². The lowest BCUT2D eigenvalue weighted by Crippen LogP contribution is -1.99. The van der Waals surface area contributed by atoms with Crippen LogP contribution in [0.15, 0.2) is 134 Å². The minimum Gasteiger partial charge on any atom is -0.253 e. The number of nitrogens with zero attached hydrogens (tertiary/aromatic N) is 2. The third kappa shape index (κ3) is 3.30. The second-order valence-corrected chi connectivity index (χ2v) is 11.6. The van der Waals surface area contributed by atoms with Gasteiger partial charge in [0.15, 0.2) is 0 Å². The molecule has 0 radical (unpaired) electrons. The van der Waals surface area contributed by atoms with E-state index >= 15 is 0 Å². The van der Waals surface area contributed by atoms with Crippen LogP contribution in [-0.2, 0) is 0 Å². The van der Waals surface area contributed by atoms with Crippen LogP contribution in [0.1, 0.15) is 0 Å². The number of thiophene rings is 1. The molecule has 1 aliphatic carbocycles. The second kappa shape index (κ2) is 8.69. The average molecular weight is 539 g/mol. The van der Waals surface area contributed by atoms with Gasteiger partial charge in [0.25, 0.3) is 0 Å². The summed E-state index contributed by atoms with van der Waals surface area (Å²) in [5.74, 6) is 0. The van der Waals surface area contributed by atoms with Gasteiger partial charge in [0.05, 0.1) is 11.0 Å². The van der Waals surface area contributed by atoms with E-state index in [0.29, 0.717) is 0 Å². The molecule has 6 aromatic carbocycles. The van der Waals surface area contributed by atoms with Crippen molar-refractivity contribution < 1.29 is 0 Å². The highest BCUT2D eigenvalue weighted by Gasteiger charge is 2.24. The number of rotatable bonds is 1. The van der Waals surface area contributed by atoms with Gasteiger partial charge < -0.3 is 0 Å². The SMILES string of the molecule is c1ccc2c(c1)-c1ccc(-c3cccc4c3sc3ccccc34)cc1-c1ccccc1-c1c-2ccc2nccnc12. The largest absolute Gasteiger partial charge is 0.253 e. The van der Waals surface area contributed by atoms with Crippen LogP contribution in [-0.4, -0.2) is 9.97 Å². The zero-order valence-electron chi connectivity index (χ0n) is 22.0. The molecule has 190 valence electrons. The Hall–Kier alpha value is -5.12. The fraction of sp³-hybridized carbons (Fsp3) is 0. The third-order valence-corrected chi connectivity index (χ3v) is 9.59. The highest BCUT2D eigenvalue weighted by Crippen LogP contribution is 2.50. The monoisotopic (exact) mass is 538 g/mol. The van der Waals surface area contributed by atoms with E-state index in [-0.39, 0.29) is 0 Å². The van der Waals surface area contributed by atoms with Crippen LogP contribution in [0.4, 0.5) is 0 Å². The van der Waals surface area contributed by atoms with Crippen LogP contribution in [0.5, 0.6) is 0 Å². The molecule has 2 aromatic heterocycles. The number of aromatic nitrogens is 2. The van der Waals surface area contributed by atoms with E-state index < -0.39 is 0 Å². The Balaban J connectivity index is 1.38. The van der Waals surface area contributed by atoms with Crippen molar-refractivity contribution in [1.82, 2.24) is 9.97 Å². The van der Waals surface area contributed by atoms with Gasteiger partial charge in [-0.2, -0.15) is 0 Å². The van der Waals surface area contributed by atoms with E-state index in [1.807, 2.05) is 11.3 Å². The van der Waals surface area contributed by atoms with Crippen LogP contribution in [0.2, 0.25) is 0 Å². The zero-order chi connectivity index (χ0) is 26.9. The summed E-state index contributed by atoms with van der Waals surface area (Å²) in [5, 5.41) is 2.64. The van der Waals surface area contributed by atoms with Crippen LogP contribution >= 0.6 is 11.3 Å². The van der Waals surface area contributed by atoms with E-state index in [9.17, 15) is 0 Å². The third-order valence-electron chi connectivity index (χ3n) is 8.37. The van der Waals surface area contributed by atoms with Crippen LogP contribution < -0.4 is 0 Å². The lowest BCUT2D eigenvalue weighted by atomic mass is 9.79. The lowest BCUT2D eigenvalue weighted by Gasteiger charge is -2.24. The molecule has 8 aromatic rings. The van der Waals surface area contributed by atoms with Crippen molar-refractivity contribution in [2.24, 2.45) is 0 Å². The molecule has 2 nitrogen and oxygen atoms in total. The molecular formula is C38H22N2S. The van der Waals surface area contributed by atoms with Crippen LogP contribution in [0, 0.1) is 0 Å². The van der Waals surface area contributed by atoms with Gasteiger partial charge in [-0.15, -0.1) is 11.3 Å². The molecule has 41 heavy (non-hydrogen) atoms. The van der Waals surface area contributed by atoms with Gasteiger partial charge >= 0.3 is 0 Å². The summed E-state index contributed by atoms with van der Waals surface area (Å²) >= 11 is 1.88. The number of hydrogen-bond acceptors (Lipinski definition) is 3.